The van der Waals surface area contributed by atoms with E-state index < -0.39 is 16.1 Å². The third-order valence-electron chi connectivity index (χ3n) is 5.01. The van der Waals surface area contributed by atoms with Gasteiger partial charge in [-0.1, -0.05) is 23.7 Å². The number of hydrogen-bond donors (Lipinski definition) is 0. The lowest BCUT2D eigenvalue weighted by Crippen LogP contribution is -2.54. The molecule has 1 unspecified atom stereocenters. The molecule has 2 aromatic rings. The van der Waals surface area contributed by atoms with Gasteiger partial charge in [0.1, 0.15) is 10.0 Å². The fourth-order valence-electron chi connectivity index (χ4n) is 3.36. The number of carbonyl (C=O) groups excluding carboxylic acids is 1. The van der Waals surface area contributed by atoms with Gasteiger partial charge in [-0.15, -0.1) is 11.3 Å². The number of likely N-dealkylation sites (N-methyl/N-ethyl adjacent to an activating group) is 1. The number of thiophene rings is 1. The Morgan fingerprint density at radius 2 is 1.93 bits per heavy atom. The summed E-state index contributed by atoms with van der Waals surface area (Å²) >= 11 is 6.91. The molecule has 1 saturated heterocycles. The summed E-state index contributed by atoms with van der Waals surface area (Å²) in [7, 11) is -1.88. The molecule has 1 aliphatic rings. The van der Waals surface area contributed by atoms with E-state index in [1.165, 1.54) is 22.5 Å². The molecule has 0 aliphatic carbocycles. The number of benzene rings is 1. The highest BCUT2D eigenvalue weighted by Crippen LogP contribution is 2.28. The summed E-state index contributed by atoms with van der Waals surface area (Å²) in [5.74, 6) is -0.420. The van der Waals surface area contributed by atoms with E-state index in [9.17, 15) is 17.6 Å². The van der Waals surface area contributed by atoms with Crippen molar-refractivity contribution in [3.8, 4) is 0 Å². The number of rotatable bonds is 6. The van der Waals surface area contributed by atoms with E-state index in [0.717, 1.165) is 16.9 Å². The average Bonchev–Trinajstić information content (AvgIpc) is 3.14. The molecule has 2 heterocycles. The highest BCUT2D eigenvalue weighted by molar-refractivity contribution is 7.91. The maximum Gasteiger partial charge on any atom is 0.252 e. The fourth-order valence-corrected chi connectivity index (χ4v) is 6.42. The Morgan fingerprint density at radius 1 is 1.24 bits per heavy atom. The van der Waals surface area contributed by atoms with Crippen molar-refractivity contribution in [2.45, 2.75) is 23.7 Å². The van der Waals surface area contributed by atoms with E-state index in [0.29, 0.717) is 37.1 Å². The van der Waals surface area contributed by atoms with Gasteiger partial charge in [-0.05, 0) is 36.8 Å². The Kier molecular flexibility index (Phi) is 6.95. The van der Waals surface area contributed by atoms with Crippen molar-refractivity contribution in [3.05, 3.63) is 52.1 Å². The van der Waals surface area contributed by atoms with Crippen LogP contribution in [0.25, 0.3) is 0 Å². The van der Waals surface area contributed by atoms with E-state index in [4.69, 9.17) is 11.6 Å². The van der Waals surface area contributed by atoms with Crippen molar-refractivity contribution in [2.24, 2.45) is 0 Å². The molecule has 0 saturated carbocycles. The lowest BCUT2D eigenvalue weighted by molar-refractivity contribution is -0.136. The van der Waals surface area contributed by atoms with Crippen molar-refractivity contribution in [3.63, 3.8) is 0 Å². The Labute approximate surface area is 179 Å². The molecule has 3 rings (SSSR count). The fraction of sp³-hybridized carbons (Fsp3) is 0.421. The smallest absolute Gasteiger partial charge is 0.252 e. The summed E-state index contributed by atoms with van der Waals surface area (Å²) in [6.45, 7) is 3.66. The minimum Gasteiger partial charge on any atom is -0.340 e. The summed E-state index contributed by atoms with van der Waals surface area (Å²) in [4.78, 5) is 16.3. The Hall–Kier alpha value is -1.52. The number of carbonyl (C=O) groups is 1. The predicted octanol–water partition coefficient (Wildman–Crippen LogP) is 2.89. The van der Waals surface area contributed by atoms with E-state index in [1.54, 1.807) is 30.1 Å². The van der Waals surface area contributed by atoms with Gasteiger partial charge in [0.05, 0.1) is 10.4 Å². The Morgan fingerprint density at radius 3 is 2.52 bits per heavy atom. The topological polar surface area (TPSA) is 60.9 Å². The monoisotopic (exact) mass is 459 g/mol. The molecule has 0 radical (unpaired) electrons. The van der Waals surface area contributed by atoms with Gasteiger partial charge in [-0.3, -0.25) is 9.69 Å². The first-order chi connectivity index (χ1) is 13.7. The molecule has 1 fully saturated rings. The zero-order valence-corrected chi connectivity index (χ0v) is 18.6. The zero-order chi connectivity index (χ0) is 21.2. The quantitative estimate of drug-likeness (QED) is 0.666. The normalized spacial score (nSPS) is 17.2. The average molecular weight is 460 g/mol. The lowest BCUT2D eigenvalue weighted by atomic mass is 10.1. The molecule has 1 aromatic carbocycles. The van der Waals surface area contributed by atoms with E-state index in [2.05, 4.69) is 0 Å². The molecule has 29 heavy (non-hydrogen) atoms. The molecule has 0 N–H and O–H groups in total. The van der Waals surface area contributed by atoms with Crippen LogP contribution in [0, 0.1) is 5.82 Å². The van der Waals surface area contributed by atoms with E-state index in [-0.39, 0.29) is 15.9 Å². The van der Waals surface area contributed by atoms with Crippen molar-refractivity contribution in [2.75, 3.05) is 33.2 Å². The number of nitrogens with zero attached hydrogens (tertiary/aromatic N) is 3. The highest BCUT2D eigenvalue weighted by Gasteiger charge is 2.33. The van der Waals surface area contributed by atoms with Gasteiger partial charge in [0.25, 0.3) is 10.0 Å². The summed E-state index contributed by atoms with van der Waals surface area (Å²) in [5, 5.41) is 0. The van der Waals surface area contributed by atoms with Crippen LogP contribution in [-0.4, -0.2) is 67.7 Å². The lowest BCUT2D eigenvalue weighted by Gasteiger charge is -2.37. The molecule has 1 aliphatic heterocycles. The summed E-state index contributed by atoms with van der Waals surface area (Å²) in [6.07, 6.45) is 0. The Bertz CT molecular complexity index is 975. The van der Waals surface area contributed by atoms with Crippen molar-refractivity contribution < 1.29 is 17.6 Å². The van der Waals surface area contributed by atoms with Gasteiger partial charge in [0, 0.05) is 39.8 Å². The summed E-state index contributed by atoms with van der Waals surface area (Å²) < 4.78 is 40.9. The number of piperazine rings is 1. The van der Waals surface area contributed by atoms with Crippen molar-refractivity contribution in [1.29, 1.82) is 0 Å². The van der Waals surface area contributed by atoms with Crippen LogP contribution < -0.4 is 0 Å². The van der Waals surface area contributed by atoms with Gasteiger partial charge >= 0.3 is 0 Å². The molecule has 10 heteroatoms. The van der Waals surface area contributed by atoms with Gasteiger partial charge < -0.3 is 4.90 Å². The van der Waals surface area contributed by atoms with Crippen molar-refractivity contribution >= 4 is 38.9 Å². The van der Waals surface area contributed by atoms with Crippen LogP contribution >= 0.6 is 22.9 Å². The van der Waals surface area contributed by atoms with Crippen LogP contribution in [0.5, 0.6) is 0 Å². The first kappa shape index (κ1) is 22.2. The third kappa shape index (κ3) is 5.16. The molecular formula is C19H23ClFN3O3S2. The predicted molar refractivity (Wildman–Crippen MR) is 112 cm³/mol. The van der Waals surface area contributed by atoms with Gasteiger partial charge in [0.15, 0.2) is 0 Å². The van der Waals surface area contributed by atoms with E-state index in [1.807, 2.05) is 11.8 Å². The number of amides is 1. The van der Waals surface area contributed by atoms with Gasteiger partial charge in [-0.25, -0.2) is 12.8 Å². The van der Waals surface area contributed by atoms with Gasteiger partial charge in [0.2, 0.25) is 5.91 Å². The minimum atomic E-state index is -3.56. The first-order valence-corrected chi connectivity index (χ1v) is 11.8. The van der Waals surface area contributed by atoms with Crippen LogP contribution in [0.15, 0.2) is 40.6 Å². The summed E-state index contributed by atoms with van der Waals surface area (Å²) in [5.41, 5.74) is 0.721. The second-order valence-corrected chi connectivity index (χ2v) is 10.9. The van der Waals surface area contributed by atoms with Crippen molar-refractivity contribution in [1.82, 2.24) is 14.1 Å². The molecule has 1 amide bonds. The maximum atomic E-state index is 13.4. The van der Waals surface area contributed by atoms with E-state index >= 15 is 0 Å². The standard InChI is InChI=1S/C19H23ClFN3O3S2/c1-14(19(25)22(2)13-15-4-3-5-16(21)12-15)23-8-10-24(11-9-23)29(26,27)18-7-6-17(20)28-18/h3-7,12,14H,8-11,13H2,1-2H3. The maximum absolute atomic E-state index is 13.4. The second-order valence-electron chi connectivity index (χ2n) is 7.00. The van der Waals surface area contributed by atoms with Crippen LogP contribution in [0.3, 0.4) is 0 Å². The zero-order valence-electron chi connectivity index (χ0n) is 16.2. The van der Waals surface area contributed by atoms with Gasteiger partial charge in [-0.2, -0.15) is 4.31 Å². The van der Waals surface area contributed by atoms with Crippen LogP contribution in [0.1, 0.15) is 12.5 Å². The highest BCUT2D eigenvalue weighted by atomic mass is 35.5. The number of hydrogen-bond acceptors (Lipinski definition) is 5. The molecule has 1 aromatic heterocycles. The van der Waals surface area contributed by atoms with Crippen LogP contribution in [0.4, 0.5) is 4.39 Å². The largest absolute Gasteiger partial charge is 0.340 e. The second kappa shape index (κ2) is 9.09. The molecule has 0 spiro atoms. The molecule has 0 bridgehead atoms. The number of sulfonamides is 1. The third-order valence-corrected chi connectivity index (χ3v) is 8.60. The Balaban J connectivity index is 1.57. The molecule has 1 atom stereocenters. The number of halogens is 2. The molecular weight excluding hydrogens is 437 g/mol. The molecule has 158 valence electrons. The first-order valence-electron chi connectivity index (χ1n) is 9.17. The van der Waals surface area contributed by atoms with Crippen LogP contribution in [-0.2, 0) is 21.4 Å². The van der Waals surface area contributed by atoms with Crippen LogP contribution in [0.2, 0.25) is 4.34 Å². The SMILES string of the molecule is CC(C(=O)N(C)Cc1cccc(F)c1)N1CCN(S(=O)(=O)c2ccc(Cl)s2)CC1. The summed E-state index contributed by atoms with van der Waals surface area (Å²) in [6, 6.07) is 8.87. The molecule has 6 nitrogen and oxygen atoms in total. The minimum absolute atomic E-state index is 0.0874.